The van der Waals surface area contributed by atoms with Gasteiger partial charge in [-0.1, -0.05) is 77.0 Å². The van der Waals surface area contributed by atoms with E-state index in [4.69, 9.17) is 0 Å². The standard InChI is InChI=1S/C32H55N/c1-3-13-27(14-4-1)33(28-15-5-2-6-16-28)29-21-19-24(20-22-29)32-30-17-9-7-11-25(30)23-26-12-8-10-18-31(26)32/h24-32H,1-23H2. The molecule has 0 N–H and O–H groups in total. The van der Waals surface area contributed by atoms with E-state index in [1.807, 2.05) is 0 Å². The first-order chi connectivity index (χ1) is 16.4. The molecule has 6 saturated carbocycles. The van der Waals surface area contributed by atoms with Gasteiger partial charge in [0.25, 0.3) is 0 Å². The monoisotopic (exact) mass is 453 g/mol. The number of hydrogen-bond acceptors (Lipinski definition) is 1. The van der Waals surface area contributed by atoms with Crippen LogP contribution in [0.5, 0.6) is 0 Å². The third-order valence-corrected chi connectivity index (χ3v) is 12.2. The fourth-order valence-electron chi connectivity index (χ4n) is 10.9. The first-order valence-electron chi connectivity index (χ1n) is 16.2. The lowest BCUT2D eigenvalue weighted by atomic mass is 9.51. The Balaban J connectivity index is 1.15. The van der Waals surface area contributed by atoms with Crippen molar-refractivity contribution in [1.29, 1.82) is 0 Å². The zero-order valence-electron chi connectivity index (χ0n) is 21.9. The number of nitrogens with zero attached hydrogens (tertiary/aromatic N) is 1. The van der Waals surface area contributed by atoms with Crippen LogP contribution in [0.1, 0.15) is 148 Å². The fourth-order valence-corrected chi connectivity index (χ4v) is 10.9. The SMILES string of the molecule is C1CCC(N(C2CCCCC2)C2CCC(C3C4CCCCC4CC4CCCCC43)CC2)CC1. The Morgan fingerprint density at radius 3 is 1.27 bits per heavy atom. The summed E-state index contributed by atoms with van der Waals surface area (Å²) in [6.45, 7) is 0. The van der Waals surface area contributed by atoms with Crippen molar-refractivity contribution in [3.63, 3.8) is 0 Å². The van der Waals surface area contributed by atoms with Crippen LogP contribution in [-0.4, -0.2) is 23.0 Å². The molecule has 1 heteroatoms. The minimum absolute atomic E-state index is 0.945. The first kappa shape index (κ1) is 23.4. The minimum atomic E-state index is 0.945. The summed E-state index contributed by atoms with van der Waals surface area (Å²) >= 11 is 0. The van der Waals surface area contributed by atoms with Gasteiger partial charge in [-0.2, -0.15) is 0 Å². The molecule has 0 radical (unpaired) electrons. The van der Waals surface area contributed by atoms with E-state index in [2.05, 4.69) is 4.90 Å². The van der Waals surface area contributed by atoms with Crippen LogP contribution in [0.25, 0.3) is 0 Å². The Bertz CT molecular complexity index is 554. The summed E-state index contributed by atoms with van der Waals surface area (Å²) < 4.78 is 0. The van der Waals surface area contributed by atoms with Crippen LogP contribution < -0.4 is 0 Å². The van der Waals surface area contributed by atoms with Crippen LogP contribution in [0.4, 0.5) is 0 Å². The van der Waals surface area contributed by atoms with Gasteiger partial charge in [-0.3, -0.25) is 4.90 Å². The lowest BCUT2D eigenvalue weighted by molar-refractivity contribution is -0.0594. The maximum absolute atomic E-state index is 3.21. The molecule has 0 bridgehead atoms. The third kappa shape index (κ3) is 4.97. The van der Waals surface area contributed by atoms with Crippen molar-refractivity contribution in [1.82, 2.24) is 4.90 Å². The number of rotatable bonds is 4. The van der Waals surface area contributed by atoms with Gasteiger partial charge in [0, 0.05) is 18.1 Å². The van der Waals surface area contributed by atoms with Crippen LogP contribution >= 0.6 is 0 Å². The van der Waals surface area contributed by atoms with Gasteiger partial charge in [0.05, 0.1) is 0 Å². The van der Waals surface area contributed by atoms with Gasteiger partial charge in [0.15, 0.2) is 0 Å². The van der Waals surface area contributed by atoms with E-state index in [1.165, 1.54) is 64.2 Å². The highest BCUT2D eigenvalue weighted by molar-refractivity contribution is 4.99. The van der Waals surface area contributed by atoms with Crippen LogP contribution in [0.2, 0.25) is 0 Å². The second kappa shape index (κ2) is 10.9. The molecular weight excluding hydrogens is 398 g/mol. The Morgan fingerprint density at radius 1 is 0.333 bits per heavy atom. The van der Waals surface area contributed by atoms with Crippen LogP contribution in [0, 0.1) is 35.5 Å². The van der Waals surface area contributed by atoms with Crippen molar-refractivity contribution in [2.24, 2.45) is 35.5 Å². The topological polar surface area (TPSA) is 3.24 Å². The van der Waals surface area contributed by atoms with Crippen LogP contribution in [0.3, 0.4) is 0 Å². The maximum atomic E-state index is 3.21. The summed E-state index contributed by atoms with van der Waals surface area (Å²) in [7, 11) is 0. The summed E-state index contributed by atoms with van der Waals surface area (Å²) in [6, 6.07) is 2.84. The lowest BCUT2D eigenvalue weighted by Gasteiger charge is -2.55. The normalized spacial score (nSPS) is 43.7. The van der Waals surface area contributed by atoms with E-state index < -0.39 is 0 Å². The molecule has 0 amide bonds. The fraction of sp³-hybridized carbons (Fsp3) is 1.00. The highest BCUT2D eigenvalue weighted by atomic mass is 15.2. The molecule has 188 valence electrons. The smallest absolute Gasteiger partial charge is 0.0101 e. The number of hydrogen-bond donors (Lipinski definition) is 0. The van der Waals surface area contributed by atoms with Crippen molar-refractivity contribution < 1.29 is 0 Å². The Hall–Kier alpha value is -0.0400. The first-order valence-corrected chi connectivity index (χ1v) is 16.2. The maximum Gasteiger partial charge on any atom is 0.0101 e. The molecular formula is C32H55N. The Labute approximate surface area is 206 Å². The summed E-state index contributed by atoms with van der Waals surface area (Å²) in [5.74, 6) is 6.74. The third-order valence-electron chi connectivity index (χ3n) is 12.2. The average molecular weight is 454 g/mol. The molecule has 6 fully saturated rings. The minimum Gasteiger partial charge on any atom is -0.294 e. The molecule has 4 unspecified atom stereocenters. The van der Waals surface area contributed by atoms with Gasteiger partial charge in [-0.15, -0.1) is 0 Å². The van der Waals surface area contributed by atoms with E-state index in [9.17, 15) is 0 Å². The van der Waals surface area contributed by atoms with Crippen molar-refractivity contribution in [2.75, 3.05) is 0 Å². The van der Waals surface area contributed by atoms with Gasteiger partial charge in [0.2, 0.25) is 0 Å². The molecule has 6 aliphatic carbocycles. The summed E-state index contributed by atoms with van der Waals surface area (Å²) in [6.07, 6.45) is 35.7. The highest BCUT2D eigenvalue weighted by Crippen LogP contribution is 2.57. The van der Waals surface area contributed by atoms with E-state index in [0.29, 0.717) is 0 Å². The van der Waals surface area contributed by atoms with E-state index >= 15 is 0 Å². The summed E-state index contributed by atoms with van der Waals surface area (Å²) in [5, 5.41) is 0. The summed E-state index contributed by atoms with van der Waals surface area (Å²) in [5.41, 5.74) is 0. The Morgan fingerprint density at radius 2 is 0.758 bits per heavy atom. The van der Waals surface area contributed by atoms with Gasteiger partial charge in [0.1, 0.15) is 0 Å². The highest BCUT2D eigenvalue weighted by Gasteiger charge is 2.49. The molecule has 4 atom stereocenters. The van der Waals surface area contributed by atoms with Gasteiger partial charge < -0.3 is 0 Å². The van der Waals surface area contributed by atoms with Crippen molar-refractivity contribution in [3.8, 4) is 0 Å². The molecule has 0 aromatic heterocycles. The van der Waals surface area contributed by atoms with E-state index in [-0.39, 0.29) is 0 Å². The summed E-state index contributed by atoms with van der Waals surface area (Å²) in [4.78, 5) is 3.21. The molecule has 0 saturated heterocycles. The zero-order chi connectivity index (χ0) is 22.0. The molecule has 0 aliphatic heterocycles. The Kier molecular flexibility index (Phi) is 7.73. The van der Waals surface area contributed by atoms with Gasteiger partial charge >= 0.3 is 0 Å². The lowest BCUT2D eigenvalue weighted by Crippen LogP contribution is -2.53. The van der Waals surface area contributed by atoms with Crippen LogP contribution in [-0.2, 0) is 0 Å². The van der Waals surface area contributed by atoms with Crippen molar-refractivity contribution in [3.05, 3.63) is 0 Å². The number of fused-ring (bicyclic) bond motifs is 2. The van der Waals surface area contributed by atoms with Gasteiger partial charge in [-0.05, 0) is 106 Å². The second-order valence-corrected chi connectivity index (χ2v) is 13.8. The molecule has 0 heterocycles. The molecule has 33 heavy (non-hydrogen) atoms. The van der Waals surface area contributed by atoms with Crippen molar-refractivity contribution in [2.45, 2.75) is 166 Å². The second-order valence-electron chi connectivity index (χ2n) is 13.8. The average Bonchev–Trinajstić information content (AvgIpc) is 2.89. The predicted octanol–water partition coefficient (Wildman–Crippen LogP) is 9.15. The predicted molar refractivity (Wildman–Crippen MR) is 140 cm³/mol. The van der Waals surface area contributed by atoms with E-state index in [0.717, 1.165) is 53.6 Å². The molecule has 1 nitrogen and oxygen atoms in total. The van der Waals surface area contributed by atoms with Crippen LogP contribution in [0.15, 0.2) is 0 Å². The molecule has 0 spiro atoms. The van der Waals surface area contributed by atoms with Crippen molar-refractivity contribution >= 4 is 0 Å². The zero-order valence-corrected chi connectivity index (χ0v) is 21.9. The van der Waals surface area contributed by atoms with Gasteiger partial charge in [-0.25, -0.2) is 0 Å². The molecule has 0 aromatic carbocycles. The quantitative estimate of drug-likeness (QED) is 0.410. The van der Waals surface area contributed by atoms with E-state index in [1.54, 1.807) is 83.5 Å². The molecule has 6 aliphatic rings. The largest absolute Gasteiger partial charge is 0.294 e. The molecule has 6 rings (SSSR count). The molecule has 0 aromatic rings.